The van der Waals surface area contributed by atoms with Gasteiger partial charge in [-0.05, 0) is 48.7 Å². The van der Waals surface area contributed by atoms with Crippen molar-refractivity contribution in [3.05, 3.63) is 84.3 Å². The Morgan fingerprint density at radius 3 is 2.37 bits per heavy atom. The zero-order valence-corrected chi connectivity index (χ0v) is 19.7. The van der Waals surface area contributed by atoms with Crippen LogP contribution in [0, 0.1) is 5.82 Å². The van der Waals surface area contributed by atoms with Gasteiger partial charge in [0.15, 0.2) is 5.76 Å². The van der Waals surface area contributed by atoms with Gasteiger partial charge in [-0.25, -0.2) is 4.39 Å². The highest BCUT2D eigenvalue weighted by Crippen LogP contribution is 2.36. The number of furan rings is 1. The van der Waals surface area contributed by atoms with Crippen molar-refractivity contribution >= 4 is 0 Å². The maximum Gasteiger partial charge on any atom is 0.151 e. The van der Waals surface area contributed by atoms with Gasteiger partial charge in [0.05, 0.1) is 24.2 Å². The van der Waals surface area contributed by atoms with Gasteiger partial charge in [-0.1, -0.05) is 31.0 Å². The summed E-state index contributed by atoms with van der Waals surface area (Å²) in [7, 11) is 0. The summed E-state index contributed by atoms with van der Waals surface area (Å²) < 4.78 is 19.1. The molecular formula is C28H30FN5O. The molecule has 0 amide bonds. The van der Waals surface area contributed by atoms with Crippen LogP contribution < -0.4 is 0 Å². The maximum absolute atomic E-state index is 13.4. The molecule has 6 nitrogen and oxygen atoms in total. The second kappa shape index (κ2) is 9.76. The van der Waals surface area contributed by atoms with Crippen LogP contribution in [0.2, 0.25) is 0 Å². The van der Waals surface area contributed by atoms with E-state index in [1.165, 1.54) is 37.8 Å². The minimum atomic E-state index is -0.236. The van der Waals surface area contributed by atoms with Crippen LogP contribution in [-0.2, 0) is 0 Å². The number of aromatic amines is 1. The van der Waals surface area contributed by atoms with Gasteiger partial charge in [-0.3, -0.25) is 19.9 Å². The van der Waals surface area contributed by atoms with E-state index in [9.17, 15) is 4.39 Å². The summed E-state index contributed by atoms with van der Waals surface area (Å²) in [5.41, 5.74) is 4.85. The van der Waals surface area contributed by atoms with Gasteiger partial charge < -0.3 is 4.42 Å². The van der Waals surface area contributed by atoms with Crippen LogP contribution in [0.15, 0.2) is 71.6 Å². The van der Waals surface area contributed by atoms with Crippen LogP contribution in [0.5, 0.6) is 0 Å². The molecule has 4 heterocycles. The molecule has 4 aromatic rings. The first kappa shape index (κ1) is 22.2. The summed E-state index contributed by atoms with van der Waals surface area (Å²) in [5, 5.41) is 7.53. The minimum Gasteiger partial charge on any atom is -0.463 e. The molecule has 1 aliphatic carbocycles. The molecule has 180 valence electrons. The van der Waals surface area contributed by atoms with E-state index in [0.717, 1.165) is 66.1 Å². The number of rotatable bonds is 6. The Balaban J connectivity index is 1.31. The van der Waals surface area contributed by atoms with Crippen LogP contribution in [0.3, 0.4) is 0 Å². The van der Waals surface area contributed by atoms with Crippen molar-refractivity contribution < 1.29 is 8.81 Å². The predicted molar refractivity (Wildman–Crippen MR) is 133 cm³/mol. The number of hydrogen-bond acceptors (Lipinski definition) is 5. The third-order valence-electron chi connectivity index (χ3n) is 7.53. The molecule has 0 radical (unpaired) electrons. The fourth-order valence-corrected chi connectivity index (χ4v) is 5.67. The van der Waals surface area contributed by atoms with Gasteiger partial charge in [0, 0.05) is 49.5 Å². The van der Waals surface area contributed by atoms with Crippen molar-refractivity contribution in [3.8, 4) is 22.6 Å². The summed E-state index contributed by atoms with van der Waals surface area (Å²) in [5.74, 6) is 0.538. The lowest BCUT2D eigenvalue weighted by molar-refractivity contribution is 0.0795. The highest BCUT2D eigenvalue weighted by molar-refractivity contribution is 5.63. The number of piperazine rings is 1. The van der Waals surface area contributed by atoms with Crippen LogP contribution in [0.4, 0.5) is 4.39 Å². The lowest BCUT2D eigenvalue weighted by atomic mass is 9.98. The second-order valence-electron chi connectivity index (χ2n) is 9.57. The lowest BCUT2D eigenvalue weighted by Gasteiger charge is -2.41. The van der Waals surface area contributed by atoms with Gasteiger partial charge >= 0.3 is 0 Å². The van der Waals surface area contributed by atoms with Crippen LogP contribution in [0.1, 0.15) is 43.0 Å². The van der Waals surface area contributed by atoms with Crippen molar-refractivity contribution in [2.75, 3.05) is 26.2 Å². The Bertz CT molecular complexity index is 1220. The zero-order valence-electron chi connectivity index (χ0n) is 19.7. The van der Waals surface area contributed by atoms with E-state index in [-0.39, 0.29) is 11.9 Å². The molecule has 35 heavy (non-hydrogen) atoms. The average molecular weight is 472 g/mol. The third kappa shape index (κ3) is 4.54. The molecular weight excluding hydrogens is 441 g/mol. The number of aromatic nitrogens is 3. The monoisotopic (exact) mass is 471 g/mol. The number of halogens is 1. The Labute approximate surface area is 204 Å². The molecule has 1 saturated heterocycles. The van der Waals surface area contributed by atoms with E-state index in [0.29, 0.717) is 0 Å². The first-order valence-electron chi connectivity index (χ1n) is 12.5. The highest BCUT2D eigenvalue weighted by Gasteiger charge is 2.33. The largest absolute Gasteiger partial charge is 0.463 e. The Hall–Kier alpha value is -3.29. The van der Waals surface area contributed by atoms with E-state index >= 15 is 0 Å². The Kier molecular flexibility index (Phi) is 6.19. The highest BCUT2D eigenvalue weighted by atomic mass is 19.1. The number of benzene rings is 1. The lowest BCUT2D eigenvalue weighted by Crippen LogP contribution is -2.50. The van der Waals surface area contributed by atoms with Gasteiger partial charge in [0.1, 0.15) is 11.5 Å². The molecule has 0 spiro atoms. The molecule has 1 unspecified atom stereocenters. The average Bonchev–Trinajstić information content (AvgIpc) is 3.69. The number of nitrogens with zero attached hydrogens (tertiary/aromatic N) is 4. The molecule has 1 N–H and O–H groups in total. The van der Waals surface area contributed by atoms with E-state index in [1.807, 2.05) is 24.5 Å². The van der Waals surface area contributed by atoms with Crippen molar-refractivity contribution in [2.45, 2.75) is 37.8 Å². The summed E-state index contributed by atoms with van der Waals surface area (Å²) in [6.45, 7) is 4.10. The number of hydrogen-bond donors (Lipinski definition) is 1. The molecule has 1 aliphatic heterocycles. The Morgan fingerprint density at radius 2 is 1.69 bits per heavy atom. The zero-order chi connectivity index (χ0) is 23.6. The molecule has 6 rings (SSSR count). The smallest absolute Gasteiger partial charge is 0.151 e. The third-order valence-corrected chi connectivity index (χ3v) is 7.53. The summed E-state index contributed by atoms with van der Waals surface area (Å²) in [6, 6.07) is 15.3. The summed E-state index contributed by atoms with van der Waals surface area (Å²) in [6.07, 6.45) is 10.9. The summed E-state index contributed by atoms with van der Waals surface area (Å²) in [4.78, 5) is 10.1. The first-order chi connectivity index (χ1) is 17.3. The number of H-pyrrole nitrogens is 1. The van der Waals surface area contributed by atoms with Gasteiger partial charge in [0.25, 0.3) is 0 Å². The topological polar surface area (TPSA) is 61.2 Å². The SMILES string of the molecule is Fc1ccc(-c2ccc(C(c3cn[nH]c3-c3ccco3)N3CCN(C4CCCC4)CC3)nc2)cc1. The van der Waals surface area contributed by atoms with E-state index < -0.39 is 0 Å². The number of pyridine rings is 1. The van der Waals surface area contributed by atoms with Gasteiger partial charge in [0.2, 0.25) is 0 Å². The quantitative estimate of drug-likeness (QED) is 0.401. The fraction of sp³-hybridized carbons (Fsp3) is 0.357. The van der Waals surface area contributed by atoms with Gasteiger partial charge in [-0.2, -0.15) is 5.10 Å². The first-order valence-corrected chi connectivity index (χ1v) is 12.5. The van der Waals surface area contributed by atoms with Crippen LogP contribution >= 0.6 is 0 Å². The molecule has 2 aliphatic rings. The molecule has 7 heteroatoms. The molecule has 1 saturated carbocycles. The van der Waals surface area contributed by atoms with Crippen molar-refractivity contribution in [1.29, 1.82) is 0 Å². The van der Waals surface area contributed by atoms with Crippen molar-refractivity contribution in [2.24, 2.45) is 0 Å². The predicted octanol–water partition coefficient (Wildman–Crippen LogP) is 5.52. The molecule has 2 fully saturated rings. The van der Waals surface area contributed by atoms with Gasteiger partial charge in [-0.15, -0.1) is 0 Å². The summed E-state index contributed by atoms with van der Waals surface area (Å²) >= 11 is 0. The standard InChI is InChI=1S/C28H30FN5O/c29-22-10-7-20(8-11-22)21-9-12-25(30-18-21)28(24-19-31-32-27(24)26-6-3-17-35-26)34-15-13-33(14-16-34)23-4-1-2-5-23/h3,6-12,17-19,23,28H,1-2,4-5,13-16H2,(H,31,32). The molecule has 0 bridgehead atoms. The van der Waals surface area contributed by atoms with E-state index in [4.69, 9.17) is 9.40 Å². The second-order valence-corrected chi connectivity index (χ2v) is 9.57. The molecule has 3 aromatic heterocycles. The molecule has 1 atom stereocenters. The fourth-order valence-electron chi connectivity index (χ4n) is 5.67. The molecule has 1 aromatic carbocycles. The Morgan fingerprint density at radius 1 is 0.914 bits per heavy atom. The number of nitrogens with one attached hydrogen (secondary N) is 1. The van der Waals surface area contributed by atoms with Crippen LogP contribution in [0.25, 0.3) is 22.6 Å². The minimum absolute atomic E-state index is 0.0400. The van der Waals surface area contributed by atoms with E-state index in [2.05, 4.69) is 32.1 Å². The van der Waals surface area contributed by atoms with Crippen LogP contribution in [-0.4, -0.2) is 57.2 Å². The van der Waals surface area contributed by atoms with E-state index in [1.54, 1.807) is 18.4 Å². The maximum atomic E-state index is 13.4. The van der Waals surface area contributed by atoms with Crippen molar-refractivity contribution in [3.63, 3.8) is 0 Å². The van der Waals surface area contributed by atoms with Crippen molar-refractivity contribution in [1.82, 2.24) is 25.0 Å². The normalized spacial score (nSPS) is 18.8.